The van der Waals surface area contributed by atoms with Gasteiger partial charge in [0.05, 0.1) is 0 Å². The Kier molecular flexibility index (Phi) is 6.27. The van der Waals surface area contributed by atoms with Gasteiger partial charge < -0.3 is 11.1 Å². The van der Waals surface area contributed by atoms with Crippen LogP contribution < -0.4 is 11.1 Å². The lowest BCUT2D eigenvalue weighted by molar-refractivity contribution is -0.118. The number of allylic oxidation sites excluding steroid dienone is 1. The Bertz CT molecular complexity index is 267. The molecule has 17 heavy (non-hydrogen) atoms. The smallest absolute Gasteiger partial charge is 0.246 e. The molecule has 0 aliphatic heterocycles. The van der Waals surface area contributed by atoms with E-state index in [2.05, 4.69) is 5.32 Å². The van der Waals surface area contributed by atoms with Gasteiger partial charge in [-0.2, -0.15) is 0 Å². The van der Waals surface area contributed by atoms with E-state index in [1.54, 1.807) is 0 Å². The van der Waals surface area contributed by atoms with E-state index in [4.69, 9.17) is 5.73 Å². The molecule has 0 radical (unpaired) electrons. The Morgan fingerprint density at radius 2 is 2.06 bits per heavy atom. The molecule has 1 aliphatic rings. The van der Waals surface area contributed by atoms with Crippen LogP contribution in [0.4, 0.5) is 0 Å². The molecule has 3 heteroatoms. The molecule has 0 aromatic rings. The third-order valence-corrected chi connectivity index (χ3v) is 3.66. The van der Waals surface area contributed by atoms with Crippen molar-refractivity contribution in [2.24, 2.45) is 11.7 Å². The molecule has 98 valence electrons. The third kappa shape index (κ3) is 4.50. The van der Waals surface area contributed by atoms with Gasteiger partial charge in [-0.1, -0.05) is 32.3 Å². The lowest BCUT2D eigenvalue weighted by atomic mass is 9.84. The molecule has 1 fully saturated rings. The highest BCUT2D eigenvalue weighted by molar-refractivity contribution is 5.92. The second kappa shape index (κ2) is 7.49. The van der Waals surface area contributed by atoms with E-state index >= 15 is 0 Å². The number of carbonyl (C=O) groups excluding carboxylic acids is 1. The predicted octanol–water partition coefficient (Wildman–Crippen LogP) is 2.37. The van der Waals surface area contributed by atoms with Crippen molar-refractivity contribution in [1.29, 1.82) is 0 Å². The van der Waals surface area contributed by atoms with E-state index in [0.717, 1.165) is 12.0 Å². The van der Waals surface area contributed by atoms with Crippen LogP contribution in [0.3, 0.4) is 0 Å². The minimum Gasteiger partial charge on any atom is -0.348 e. The Morgan fingerprint density at radius 3 is 2.59 bits per heavy atom. The van der Waals surface area contributed by atoms with E-state index in [9.17, 15) is 4.79 Å². The van der Waals surface area contributed by atoms with Gasteiger partial charge in [-0.25, -0.2) is 0 Å². The molecule has 0 saturated heterocycles. The predicted molar refractivity (Wildman–Crippen MR) is 71.6 cm³/mol. The first-order chi connectivity index (χ1) is 8.19. The lowest BCUT2D eigenvalue weighted by Crippen LogP contribution is -2.46. The van der Waals surface area contributed by atoms with Crippen molar-refractivity contribution in [3.63, 3.8) is 0 Å². The maximum atomic E-state index is 11.9. The zero-order valence-electron chi connectivity index (χ0n) is 11.2. The summed E-state index contributed by atoms with van der Waals surface area (Å²) < 4.78 is 0. The number of amides is 1. The van der Waals surface area contributed by atoms with Crippen LogP contribution in [-0.4, -0.2) is 18.5 Å². The standard InChI is InChI=1S/C14H26N2O/c1-3-7-11(2)14(17)16-13(10-15)12-8-5-4-6-9-12/h7,12-13H,3-6,8-10,15H2,1-2H3,(H,16,17)/b11-7-. The van der Waals surface area contributed by atoms with Crippen LogP contribution in [0.2, 0.25) is 0 Å². The van der Waals surface area contributed by atoms with Gasteiger partial charge in [0.1, 0.15) is 0 Å². The van der Waals surface area contributed by atoms with Gasteiger partial charge in [0.2, 0.25) is 5.91 Å². The summed E-state index contributed by atoms with van der Waals surface area (Å²) in [6.45, 7) is 4.46. The number of rotatable bonds is 5. The summed E-state index contributed by atoms with van der Waals surface area (Å²) in [7, 11) is 0. The molecule has 1 aliphatic carbocycles. The Morgan fingerprint density at radius 1 is 1.41 bits per heavy atom. The minimum atomic E-state index is 0.0490. The quantitative estimate of drug-likeness (QED) is 0.722. The molecule has 0 aromatic heterocycles. The molecule has 3 N–H and O–H groups in total. The second-order valence-corrected chi connectivity index (χ2v) is 5.01. The van der Waals surface area contributed by atoms with Crippen molar-refractivity contribution >= 4 is 5.91 Å². The number of nitrogens with two attached hydrogens (primary N) is 1. The first-order valence-corrected chi connectivity index (χ1v) is 6.86. The highest BCUT2D eigenvalue weighted by Crippen LogP contribution is 2.26. The molecule has 0 spiro atoms. The summed E-state index contributed by atoms with van der Waals surface area (Å²) in [4.78, 5) is 11.9. The minimum absolute atomic E-state index is 0.0490. The van der Waals surface area contributed by atoms with Crippen LogP contribution >= 0.6 is 0 Å². The molecular weight excluding hydrogens is 212 g/mol. The summed E-state index contributed by atoms with van der Waals surface area (Å²) >= 11 is 0. The van der Waals surface area contributed by atoms with E-state index in [0.29, 0.717) is 12.5 Å². The van der Waals surface area contributed by atoms with Crippen molar-refractivity contribution in [3.05, 3.63) is 11.6 Å². The van der Waals surface area contributed by atoms with Crippen LogP contribution in [0.1, 0.15) is 52.4 Å². The molecule has 1 saturated carbocycles. The van der Waals surface area contributed by atoms with Crippen LogP contribution in [0.5, 0.6) is 0 Å². The third-order valence-electron chi connectivity index (χ3n) is 3.66. The monoisotopic (exact) mass is 238 g/mol. The molecule has 0 heterocycles. The zero-order valence-corrected chi connectivity index (χ0v) is 11.2. The SMILES string of the molecule is CC/C=C(/C)C(=O)NC(CN)C1CCCCC1. The number of hydrogen-bond donors (Lipinski definition) is 2. The molecule has 0 aromatic carbocycles. The molecule has 1 atom stereocenters. The largest absolute Gasteiger partial charge is 0.348 e. The maximum Gasteiger partial charge on any atom is 0.246 e. The van der Waals surface area contributed by atoms with Gasteiger partial charge in [0.15, 0.2) is 0 Å². The highest BCUT2D eigenvalue weighted by Gasteiger charge is 2.24. The normalized spacial score (nSPS) is 20.1. The first-order valence-electron chi connectivity index (χ1n) is 6.86. The highest BCUT2D eigenvalue weighted by atomic mass is 16.1. The molecular formula is C14H26N2O. The summed E-state index contributed by atoms with van der Waals surface area (Å²) in [5.74, 6) is 0.625. The molecule has 1 unspecified atom stereocenters. The van der Waals surface area contributed by atoms with Crippen LogP contribution in [0.25, 0.3) is 0 Å². The fraction of sp³-hybridized carbons (Fsp3) is 0.786. The molecule has 1 rings (SSSR count). The lowest BCUT2D eigenvalue weighted by Gasteiger charge is -2.30. The molecule has 1 amide bonds. The van der Waals surface area contributed by atoms with Gasteiger partial charge in [-0.3, -0.25) is 4.79 Å². The number of nitrogens with one attached hydrogen (secondary N) is 1. The van der Waals surface area contributed by atoms with Gasteiger partial charge in [-0.05, 0) is 32.1 Å². The fourth-order valence-corrected chi connectivity index (χ4v) is 2.59. The fourth-order valence-electron chi connectivity index (χ4n) is 2.59. The van der Waals surface area contributed by atoms with Crippen molar-refractivity contribution < 1.29 is 4.79 Å². The van der Waals surface area contributed by atoms with Crippen molar-refractivity contribution in [2.75, 3.05) is 6.54 Å². The summed E-state index contributed by atoms with van der Waals surface area (Å²) in [5, 5.41) is 3.09. The Hall–Kier alpha value is -0.830. The van der Waals surface area contributed by atoms with Gasteiger partial charge in [0, 0.05) is 18.2 Å². The first kappa shape index (κ1) is 14.2. The van der Waals surface area contributed by atoms with Crippen LogP contribution in [-0.2, 0) is 4.79 Å². The number of carbonyl (C=O) groups is 1. The van der Waals surface area contributed by atoms with Crippen molar-refractivity contribution in [3.8, 4) is 0 Å². The van der Waals surface area contributed by atoms with E-state index in [1.807, 2.05) is 19.9 Å². The Balaban J connectivity index is 2.50. The van der Waals surface area contributed by atoms with Crippen molar-refractivity contribution in [2.45, 2.75) is 58.4 Å². The second-order valence-electron chi connectivity index (χ2n) is 5.01. The van der Waals surface area contributed by atoms with E-state index < -0.39 is 0 Å². The van der Waals surface area contributed by atoms with Crippen LogP contribution in [0, 0.1) is 5.92 Å². The number of hydrogen-bond acceptors (Lipinski definition) is 2. The van der Waals surface area contributed by atoms with Gasteiger partial charge in [-0.15, -0.1) is 0 Å². The topological polar surface area (TPSA) is 55.1 Å². The summed E-state index contributed by atoms with van der Waals surface area (Å²) in [6.07, 6.45) is 9.16. The average molecular weight is 238 g/mol. The summed E-state index contributed by atoms with van der Waals surface area (Å²) in [6, 6.07) is 0.156. The van der Waals surface area contributed by atoms with Gasteiger partial charge in [0.25, 0.3) is 0 Å². The molecule has 0 bridgehead atoms. The average Bonchev–Trinajstić information content (AvgIpc) is 2.37. The van der Waals surface area contributed by atoms with Crippen LogP contribution in [0.15, 0.2) is 11.6 Å². The van der Waals surface area contributed by atoms with E-state index in [-0.39, 0.29) is 11.9 Å². The molecule has 3 nitrogen and oxygen atoms in total. The Labute approximate surface area is 105 Å². The van der Waals surface area contributed by atoms with Gasteiger partial charge >= 0.3 is 0 Å². The van der Waals surface area contributed by atoms with E-state index in [1.165, 1.54) is 32.1 Å². The maximum absolute atomic E-state index is 11.9. The van der Waals surface area contributed by atoms with Crippen molar-refractivity contribution in [1.82, 2.24) is 5.32 Å². The summed E-state index contributed by atoms with van der Waals surface area (Å²) in [5.41, 5.74) is 6.60. The zero-order chi connectivity index (χ0) is 12.7.